The molecular weight excluding hydrogens is 761 g/mol. The number of benzene rings is 8. The molecule has 1 saturated carbocycles. The van der Waals surface area contributed by atoms with Crippen LogP contribution in [-0.4, -0.2) is 18.2 Å². The quantitative estimate of drug-likeness (QED) is 0.120. The third kappa shape index (κ3) is 4.86. The van der Waals surface area contributed by atoms with Crippen LogP contribution in [0.4, 0.5) is 11.4 Å². The van der Waals surface area contributed by atoms with Crippen molar-refractivity contribution in [2.45, 2.75) is 50.5 Å². The molecule has 1 aliphatic carbocycles. The monoisotopic (exact) mass is 806 g/mol. The minimum Gasteiger partial charge on any atom is -0.334 e. The Morgan fingerprint density at radius 1 is 0.483 bits per heavy atom. The van der Waals surface area contributed by atoms with Crippen molar-refractivity contribution < 1.29 is 0 Å². The molecule has 0 N–H and O–H groups in total. The summed E-state index contributed by atoms with van der Waals surface area (Å²) in [7, 11) is -2.76. The van der Waals surface area contributed by atoms with E-state index in [1.54, 1.807) is 0 Å². The van der Waals surface area contributed by atoms with Crippen LogP contribution in [0.25, 0.3) is 47.7 Å². The van der Waals surface area contributed by atoms with Gasteiger partial charge in [0.2, 0.25) is 0 Å². The molecule has 4 heteroatoms. The van der Waals surface area contributed by atoms with Crippen molar-refractivity contribution in [3.8, 4) is 5.69 Å². The van der Waals surface area contributed by atoms with Crippen LogP contribution in [0.5, 0.6) is 0 Å². The van der Waals surface area contributed by atoms with Crippen molar-refractivity contribution in [2.75, 3.05) is 4.90 Å². The van der Waals surface area contributed by atoms with Crippen molar-refractivity contribution in [2.24, 2.45) is 0 Å². The second-order valence-corrected chi connectivity index (χ2v) is 22.4. The normalized spacial score (nSPS) is 19.0. The van der Waals surface area contributed by atoms with Gasteiger partial charge in [0.05, 0.1) is 16.6 Å². The summed E-state index contributed by atoms with van der Waals surface area (Å²) < 4.78 is 5.26. The smallest absolute Gasteiger partial charge is 0.179 e. The molecule has 2 aliphatic rings. The number of fused-ring (bicyclic) bond motifs is 10. The first-order valence-electron chi connectivity index (χ1n) is 21.6. The van der Waals surface area contributed by atoms with Gasteiger partial charge in [-0.15, -0.1) is 11.3 Å². The molecule has 10 aromatic rings. The lowest BCUT2D eigenvalue weighted by Crippen LogP contribution is -2.74. The van der Waals surface area contributed by atoms with Gasteiger partial charge in [-0.05, 0) is 94.6 Å². The molecule has 2 atom stereocenters. The van der Waals surface area contributed by atoms with Crippen LogP contribution in [-0.2, 0) is 5.41 Å². The second-order valence-electron chi connectivity index (χ2n) is 17.5. The van der Waals surface area contributed by atoms with E-state index < -0.39 is 8.07 Å². The Bertz CT molecular complexity index is 3160. The summed E-state index contributed by atoms with van der Waals surface area (Å²) in [5.74, 6) is 0. The van der Waals surface area contributed by atoms with Crippen molar-refractivity contribution in [3.63, 3.8) is 0 Å². The van der Waals surface area contributed by atoms with Gasteiger partial charge in [0, 0.05) is 53.4 Å². The molecule has 2 unspecified atom stereocenters. The number of thiophene rings is 1. The Labute approximate surface area is 357 Å². The highest BCUT2D eigenvalue weighted by atomic mass is 32.1. The van der Waals surface area contributed by atoms with Gasteiger partial charge in [-0.25, -0.2) is 0 Å². The third-order valence-corrected chi connectivity index (χ3v) is 20.7. The first-order valence-corrected chi connectivity index (χ1v) is 24.4. The van der Waals surface area contributed by atoms with E-state index in [-0.39, 0.29) is 11.0 Å². The van der Waals surface area contributed by atoms with Gasteiger partial charge in [-0.3, -0.25) is 0 Å². The Kier molecular flexibility index (Phi) is 7.98. The maximum atomic E-state index is 2.73. The molecule has 290 valence electrons. The molecular formula is C56H46N2SSi. The summed E-state index contributed by atoms with van der Waals surface area (Å²) in [4.78, 5) is 2.73. The fraction of sp³-hybridized carbons (Fsp3) is 0.143. The van der Waals surface area contributed by atoms with Crippen LogP contribution in [0, 0.1) is 0 Å². The molecule has 12 rings (SSSR count). The van der Waals surface area contributed by atoms with E-state index in [0.29, 0.717) is 0 Å². The van der Waals surface area contributed by atoms with Gasteiger partial charge in [0.1, 0.15) is 0 Å². The highest BCUT2D eigenvalue weighted by Crippen LogP contribution is 2.61. The topological polar surface area (TPSA) is 8.17 Å². The average molecular weight is 807 g/mol. The molecule has 2 aromatic heterocycles. The minimum absolute atomic E-state index is 0.0114. The molecule has 0 amide bonds. The fourth-order valence-electron chi connectivity index (χ4n) is 11.7. The summed E-state index contributed by atoms with van der Waals surface area (Å²) in [6, 6.07) is 73.7. The van der Waals surface area contributed by atoms with E-state index in [2.05, 4.69) is 217 Å². The maximum absolute atomic E-state index is 2.76. The van der Waals surface area contributed by atoms with Gasteiger partial charge in [0.25, 0.3) is 0 Å². The van der Waals surface area contributed by atoms with Crippen molar-refractivity contribution in [1.29, 1.82) is 0 Å². The van der Waals surface area contributed by atoms with Crippen LogP contribution in [0.3, 0.4) is 0 Å². The Morgan fingerprint density at radius 2 is 1.10 bits per heavy atom. The van der Waals surface area contributed by atoms with Gasteiger partial charge in [0.15, 0.2) is 8.07 Å². The first-order chi connectivity index (χ1) is 29.5. The fourth-order valence-corrected chi connectivity index (χ4v) is 17.8. The van der Waals surface area contributed by atoms with Crippen molar-refractivity contribution in [1.82, 2.24) is 4.57 Å². The first kappa shape index (κ1) is 35.7. The zero-order valence-corrected chi connectivity index (χ0v) is 35.9. The molecule has 0 spiro atoms. The predicted molar refractivity (Wildman–Crippen MR) is 260 cm³/mol. The molecule has 60 heavy (non-hydrogen) atoms. The van der Waals surface area contributed by atoms with Crippen molar-refractivity contribution in [3.05, 3.63) is 200 Å². The van der Waals surface area contributed by atoms with Crippen molar-refractivity contribution >= 4 is 93.5 Å². The zero-order chi connectivity index (χ0) is 40.1. The lowest BCUT2D eigenvalue weighted by Gasteiger charge is -2.50. The third-order valence-electron chi connectivity index (χ3n) is 14.7. The van der Waals surface area contributed by atoms with Crippen LogP contribution >= 0.6 is 11.3 Å². The number of aromatic nitrogens is 1. The van der Waals surface area contributed by atoms with E-state index in [9.17, 15) is 0 Å². The summed E-state index contributed by atoms with van der Waals surface area (Å²) in [6.45, 7) is 5.07. The molecule has 0 bridgehead atoms. The molecule has 0 saturated heterocycles. The highest BCUT2D eigenvalue weighted by molar-refractivity contribution is 7.26. The minimum atomic E-state index is -2.76. The van der Waals surface area contributed by atoms with E-state index in [4.69, 9.17) is 0 Å². The summed E-state index contributed by atoms with van der Waals surface area (Å²) in [6.07, 6.45) is 4.95. The summed E-state index contributed by atoms with van der Waals surface area (Å²) >= 11 is 1.94. The SMILES string of the molecule is CC12CCCCC1(C)N(c1ccc3c(c1)c1c4sc5ccccc5c4ccc1n3-c1cccc([Si](c3ccccc3)(c3ccccc3)c3ccccc3)c1)c1ccccc12. The predicted octanol–water partition coefficient (Wildman–Crippen LogP) is 12.3. The van der Waals surface area contributed by atoms with Gasteiger partial charge < -0.3 is 9.47 Å². The number of para-hydroxylation sites is 1. The number of anilines is 2. The van der Waals surface area contributed by atoms with E-state index in [1.165, 1.54) is 111 Å². The Hall–Kier alpha value is -6.20. The number of nitrogens with zero attached hydrogens (tertiary/aromatic N) is 2. The number of hydrogen-bond donors (Lipinski definition) is 0. The lowest BCUT2D eigenvalue weighted by atomic mass is 9.61. The lowest BCUT2D eigenvalue weighted by molar-refractivity contribution is 0.195. The largest absolute Gasteiger partial charge is 0.334 e. The number of rotatable bonds is 6. The summed E-state index contributed by atoms with van der Waals surface area (Å²) in [5, 5.41) is 10.8. The Morgan fingerprint density at radius 3 is 1.83 bits per heavy atom. The van der Waals surface area contributed by atoms with E-state index in [1.807, 2.05) is 11.3 Å². The van der Waals surface area contributed by atoms with Gasteiger partial charge in [-0.2, -0.15) is 0 Å². The van der Waals surface area contributed by atoms with Gasteiger partial charge >= 0.3 is 0 Å². The highest BCUT2D eigenvalue weighted by Gasteiger charge is 2.57. The molecule has 8 aromatic carbocycles. The molecule has 0 radical (unpaired) electrons. The van der Waals surface area contributed by atoms with E-state index in [0.717, 1.165) is 0 Å². The summed E-state index contributed by atoms with van der Waals surface area (Å²) in [5.41, 5.74) is 7.93. The molecule has 3 heterocycles. The standard InChI is InChI=1S/C56H46N2SSi/c1-55-35-16-17-36-56(55,2)58(50-29-14-13-28-48(50)55)40-31-33-49-47(38-40)53-51(34-32-46-45-27-12-15-30-52(45)59-54(46)53)57(49)39-19-18-26-44(37-39)60(41-20-6-3-7-21-41,42-22-8-4-9-23-42)43-24-10-5-11-25-43/h3-15,18-34,37-38H,16-17,35-36H2,1-2H3. The Balaban J connectivity index is 1.15. The number of hydrogen-bond acceptors (Lipinski definition) is 2. The average Bonchev–Trinajstić information content (AvgIpc) is 3.91. The van der Waals surface area contributed by atoms with Crippen LogP contribution in [0.2, 0.25) is 0 Å². The van der Waals surface area contributed by atoms with Crippen LogP contribution < -0.4 is 25.6 Å². The maximum Gasteiger partial charge on any atom is 0.179 e. The molecule has 1 fully saturated rings. The van der Waals surface area contributed by atoms with Gasteiger partial charge in [-0.1, -0.05) is 165 Å². The molecule has 2 nitrogen and oxygen atoms in total. The zero-order valence-electron chi connectivity index (χ0n) is 34.1. The second kappa shape index (κ2) is 13.4. The van der Waals surface area contributed by atoms with Crippen LogP contribution in [0.15, 0.2) is 194 Å². The van der Waals surface area contributed by atoms with Crippen LogP contribution in [0.1, 0.15) is 45.1 Å². The molecule has 1 aliphatic heterocycles. The van der Waals surface area contributed by atoms with E-state index >= 15 is 0 Å².